The Labute approximate surface area is 145 Å². The highest BCUT2D eigenvalue weighted by atomic mass is 14.8. The minimum atomic E-state index is 0.943. The van der Waals surface area contributed by atoms with Gasteiger partial charge in [0.15, 0.2) is 0 Å². The maximum atomic E-state index is 4.77. The molecule has 0 bridgehead atoms. The maximum absolute atomic E-state index is 4.77. The molecule has 0 saturated carbocycles. The Bertz CT molecular complexity index is 1220. The van der Waals surface area contributed by atoms with E-state index in [0.717, 1.165) is 27.5 Å². The van der Waals surface area contributed by atoms with E-state index in [1.54, 1.807) is 0 Å². The van der Waals surface area contributed by atoms with Gasteiger partial charge in [0.1, 0.15) is 0 Å². The first-order valence-electron chi connectivity index (χ1n) is 8.44. The van der Waals surface area contributed by atoms with E-state index in [9.17, 15) is 0 Å². The van der Waals surface area contributed by atoms with E-state index in [1.165, 1.54) is 21.9 Å². The number of hydrogen-bond donors (Lipinski definition) is 0. The highest BCUT2D eigenvalue weighted by Crippen LogP contribution is 2.35. The van der Waals surface area contributed by atoms with Crippen LogP contribution in [0.15, 0.2) is 79.0 Å². The molecule has 25 heavy (non-hydrogen) atoms. The Balaban J connectivity index is 1.96. The molecule has 0 aliphatic rings. The molecule has 0 aliphatic carbocycles. The summed E-state index contributed by atoms with van der Waals surface area (Å²) in [4.78, 5) is 9.47. The third-order valence-corrected chi connectivity index (χ3v) is 4.75. The van der Waals surface area contributed by atoms with Gasteiger partial charge in [0.05, 0.1) is 16.7 Å². The lowest BCUT2D eigenvalue weighted by atomic mass is 9.95. The highest BCUT2D eigenvalue weighted by molar-refractivity contribution is 6.23. The fourth-order valence-corrected chi connectivity index (χ4v) is 3.57. The van der Waals surface area contributed by atoms with E-state index in [4.69, 9.17) is 9.97 Å². The molecule has 0 atom stereocenters. The van der Waals surface area contributed by atoms with Gasteiger partial charge in [-0.2, -0.15) is 0 Å². The molecule has 1 heterocycles. The largest absolute Gasteiger partial charge is 0.252 e. The molecule has 5 rings (SSSR count). The molecule has 2 nitrogen and oxygen atoms in total. The minimum Gasteiger partial charge on any atom is -0.252 e. The van der Waals surface area contributed by atoms with E-state index in [-0.39, 0.29) is 0 Å². The molecule has 0 unspecified atom stereocenters. The van der Waals surface area contributed by atoms with Gasteiger partial charge in [-0.3, -0.25) is 4.98 Å². The zero-order chi connectivity index (χ0) is 16.8. The number of aryl methyl sites for hydroxylation is 1. The lowest BCUT2D eigenvalue weighted by Gasteiger charge is -2.11. The van der Waals surface area contributed by atoms with Gasteiger partial charge >= 0.3 is 0 Å². The first kappa shape index (κ1) is 14.1. The van der Waals surface area contributed by atoms with Crippen LogP contribution in [0.3, 0.4) is 0 Å². The summed E-state index contributed by atoms with van der Waals surface area (Å²) >= 11 is 0. The quantitative estimate of drug-likeness (QED) is 0.359. The van der Waals surface area contributed by atoms with Crippen molar-refractivity contribution in [2.45, 2.75) is 6.92 Å². The van der Waals surface area contributed by atoms with Crippen molar-refractivity contribution >= 4 is 32.6 Å². The first-order valence-corrected chi connectivity index (χ1v) is 8.44. The Kier molecular flexibility index (Phi) is 3.04. The number of benzene rings is 4. The van der Waals surface area contributed by atoms with E-state index in [1.807, 2.05) is 19.2 Å². The van der Waals surface area contributed by atoms with Crippen LogP contribution in [0.2, 0.25) is 0 Å². The fourth-order valence-electron chi connectivity index (χ4n) is 3.57. The van der Waals surface area contributed by atoms with Crippen molar-refractivity contribution < 1.29 is 0 Å². The molecule has 0 saturated heterocycles. The number of aromatic nitrogens is 2. The molecule has 1 aromatic heterocycles. The molecule has 5 aromatic rings. The Hall–Kier alpha value is -3.26. The van der Waals surface area contributed by atoms with Crippen molar-refractivity contribution in [2.75, 3.05) is 0 Å². The normalized spacial score (nSPS) is 11.4. The van der Waals surface area contributed by atoms with Crippen LogP contribution in [-0.2, 0) is 0 Å². The van der Waals surface area contributed by atoms with Crippen LogP contribution in [0.4, 0.5) is 0 Å². The lowest BCUT2D eigenvalue weighted by molar-refractivity contribution is 1.19. The minimum absolute atomic E-state index is 0.943. The summed E-state index contributed by atoms with van der Waals surface area (Å²) in [6, 6.07) is 25.6. The number of fused-ring (bicyclic) bond motifs is 6. The van der Waals surface area contributed by atoms with Crippen molar-refractivity contribution in [3.8, 4) is 11.1 Å². The standard InChI is InChI=1S/C23H16N2/c1-15-14-24-22-20-12-11-17(16-7-3-2-4-8-16)13-21(20)18-9-5-6-10-19(18)23(22)25-15/h2-14H,1H3. The van der Waals surface area contributed by atoms with Gasteiger partial charge in [0.2, 0.25) is 0 Å². The summed E-state index contributed by atoms with van der Waals surface area (Å²) in [5.74, 6) is 0. The molecule has 4 aromatic carbocycles. The molecule has 0 N–H and O–H groups in total. The molecular weight excluding hydrogens is 304 g/mol. The zero-order valence-corrected chi connectivity index (χ0v) is 13.9. The Morgan fingerprint density at radius 1 is 0.600 bits per heavy atom. The summed E-state index contributed by atoms with van der Waals surface area (Å²) in [5.41, 5.74) is 5.34. The molecule has 2 heteroatoms. The third-order valence-electron chi connectivity index (χ3n) is 4.75. The monoisotopic (exact) mass is 320 g/mol. The van der Waals surface area contributed by atoms with Gasteiger partial charge < -0.3 is 0 Å². The molecule has 0 radical (unpaired) electrons. The van der Waals surface area contributed by atoms with Crippen LogP contribution in [0.25, 0.3) is 43.7 Å². The van der Waals surface area contributed by atoms with Crippen LogP contribution in [0, 0.1) is 6.92 Å². The SMILES string of the molecule is Cc1cnc2c3ccc(-c4ccccc4)cc3c3ccccc3c2n1. The molecule has 0 fully saturated rings. The second-order valence-electron chi connectivity index (χ2n) is 6.38. The van der Waals surface area contributed by atoms with Crippen molar-refractivity contribution in [3.63, 3.8) is 0 Å². The summed E-state index contributed by atoms with van der Waals surface area (Å²) in [5, 5.41) is 4.76. The van der Waals surface area contributed by atoms with Gasteiger partial charge in [0.25, 0.3) is 0 Å². The maximum Gasteiger partial charge on any atom is 0.0974 e. The van der Waals surface area contributed by atoms with E-state index in [0.29, 0.717) is 0 Å². The van der Waals surface area contributed by atoms with Crippen LogP contribution in [-0.4, -0.2) is 9.97 Å². The molecule has 0 spiro atoms. The van der Waals surface area contributed by atoms with Crippen LogP contribution >= 0.6 is 0 Å². The number of rotatable bonds is 1. The van der Waals surface area contributed by atoms with Gasteiger partial charge in [-0.05, 0) is 34.9 Å². The number of hydrogen-bond acceptors (Lipinski definition) is 2. The van der Waals surface area contributed by atoms with Crippen molar-refractivity contribution in [1.29, 1.82) is 0 Å². The number of nitrogens with zero attached hydrogens (tertiary/aromatic N) is 2. The summed E-state index contributed by atoms with van der Waals surface area (Å²) in [7, 11) is 0. The van der Waals surface area contributed by atoms with Gasteiger partial charge in [-0.25, -0.2) is 4.98 Å². The highest BCUT2D eigenvalue weighted by Gasteiger charge is 2.11. The van der Waals surface area contributed by atoms with E-state index < -0.39 is 0 Å². The lowest BCUT2D eigenvalue weighted by Crippen LogP contribution is -1.91. The van der Waals surface area contributed by atoms with Crippen molar-refractivity contribution in [2.24, 2.45) is 0 Å². The van der Waals surface area contributed by atoms with Crippen LogP contribution in [0.1, 0.15) is 5.69 Å². The molecule has 0 aliphatic heterocycles. The zero-order valence-electron chi connectivity index (χ0n) is 13.9. The average Bonchev–Trinajstić information content (AvgIpc) is 2.68. The fraction of sp³-hybridized carbons (Fsp3) is 0.0435. The predicted molar refractivity (Wildman–Crippen MR) is 105 cm³/mol. The van der Waals surface area contributed by atoms with Crippen LogP contribution < -0.4 is 0 Å². The smallest absolute Gasteiger partial charge is 0.0974 e. The van der Waals surface area contributed by atoms with Gasteiger partial charge in [0, 0.05) is 17.0 Å². The molecular formula is C23H16N2. The summed E-state index contributed by atoms with van der Waals surface area (Å²) < 4.78 is 0. The second-order valence-corrected chi connectivity index (χ2v) is 6.38. The second kappa shape index (κ2) is 5.38. The summed E-state index contributed by atoms with van der Waals surface area (Å²) in [6.07, 6.45) is 1.85. The predicted octanol–water partition coefficient (Wildman–Crippen LogP) is 5.91. The third kappa shape index (κ3) is 2.18. The van der Waals surface area contributed by atoms with E-state index in [2.05, 4.69) is 66.7 Å². The topological polar surface area (TPSA) is 25.8 Å². The molecule has 0 amide bonds. The first-order chi connectivity index (χ1) is 12.3. The van der Waals surface area contributed by atoms with Gasteiger partial charge in [-0.15, -0.1) is 0 Å². The van der Waals surface area contributed by atoms with Gasteiger partial charge in [-0.1, -0.05) is 66.7 Å². The average molecular weight is 320 g/mol. The van der Waals surface area contributed by atoms with Crippen molar-refractivity contribution in [1.82, 2.24) is 9.97 Å². The van der Waals surface area contributed by atoms with E-state index >= 15 is 0 Å². The molecule has 118 valence electrons. The van der Waals surface area contributed by atoms with Crippen LogP contribution in [0.5, 0.6) is 0 Å². The Morgan fingerprint density at radius 3 is 2.16 bits per heavy atom. The van der Waals surface area contributed by atoms with Crippen molar-refractivity contribution in [3.05, 3.63) is 84.7 Å². The summed E-state index contributed by atoms with van der Waals surface area (Å²) in [6.45, 7) is 1.99. The Morgan fingerprint density at radius 2 is 1.32 bits per heavy atom.